The number of piperidine rings is 1. The molecule has 1 aliphatic rings. The lowest BCUT2D eigenvalue weighted by Gasteiger charge is -2.37. The van der Waals surface area contributed by atoms with E-state index in [1.807, 2.05) is 24.3 Å². The van der Waals surface area contributed by atoms with Crippen molar-refractivity contribution in [3.05, 3.63) is 54.1 Å². The second-order valence-electron chi connectivity index (χ2n) is 8.08. The van der Waals surface area contributed by atoms with Crippen molar-refractivity contribution in [2.45, 2.75) is 37.6 Å². The summed E-state index contributed by atoms with van der Waals surface area (Å²) in [6.07, 6.45) is 1.90. The second-order valence-corrected chi connectivity index (χ2v) is 10.0. The van der Waals surface area contributed by atoms with Gasteiger partial charge in [-0.05, 0) is 60.2 Å². The van der Waals surface area contributed by atoms with E-state index in [-0.39, 0.29) is 22.6 Å². The van der Waals surface area contributed by atoms with Crippen LogP contribution in [0.25, 0.3) is 0 Å². The van der Waals surface area contributed by atoms with Crippen LogP contribution >= 0.6 is 0 Å². The predicted octanol–water partition coefficient (Wildman–Crippen LogP) is 3.45. The molecule has 1 saturated heterocycles. The molecule has 32 heavy (non-hydrogen) atoms. The maximum Gasteiger partial charge on any atom is 0.243 e. The minimum Gasteiger partial charge on any atom is -0.497 e. The number of hydrogen-bond acceptors (Lipinski definition) is 5. The molecule has 0 spiro atoms. The Morgan fingerprint density at radius 3 is 2.16 bits per heavy atom. The molecule has 2 aromatic rings. The fourth-order valence-electron chi connectivity index (χ4n) is 4.15. The van der Waals surface area contributed by atoms with E-state index in [0.717, 1.165) is 17.7 Å². The molecule has 2 atom stereocenters. The zero-order chi connectivity index (χ0) is 23.1. The minimum atomic E-state index is -3.57. The molecule has 0 aliphatic carbocycles. The first kappa shape index (κ1) is 24.1. The van der Waals surface area contributed by atoms with Crippen molar-refractivity contribution < 1.29 is 22.7 Å². The van der Waals surface area contributed by atoms with Gasteiger partial charge in [0.15, 0.2) is 0 Å². The average molecular weight is 461 g/mol. The molecule has 7 nitrogen and oxygen atoms in total. The fourth-order valence-corrected chi connectivity index (χ4v) is 5.66. The molecule has 8 heteroatoms. The van der Waals surface area contributed by atoms with Crippen molar-refractivity contribution in [3.63, 3.8) is 0 Å². The lowest BCUT2D eigenvalue weighted by Crippen LogP contribution is -2.44. The second kappa shape index (κ2) is 10.8. The van der Waals surface area contributed by atoms with Crippen molar-refractivity contribution in [1.29, 1.82) is 0 Å². The highest BCUT2D eigenvalue weighted by atomic mass is 32.2. The van der Waals surface area contributed by atoms with Crippen molar-refractivity contribution in [2.75, 3.05) is 27.3 Å². The molecule has 1 fully saturated rings. The van der Waals surface area contributed by atoms with Crippen LogP contribution in [-0.2, 0) is 21.4 Å². The number of ether oxygens (including phenoxy) is 2. The van der Waals surface area contributed by atoms with E-state index in [1.165, 1.54) is 0 Å². The van der Waals surface area contributed by atoms with Gasteiger partial charge in [-0.2, -0.15) is 4.31 Å². The highest BCUT2D eigenvalue weighted by Crippen LogP contribution is 2.32. The number of benzene rings is 2. The monoisotopic (exact) mass is 460 g/mol. The molecule has 1 N–H and O–H groups in total. The van der Waals surface area contributed by atoms with Crippen LogP contribution in [0.3, 0.4) is 0 Å². The smallest absolute Gasteiger partial charge is 0.243 e. The molecule has 0 unspecified atom stereocenters. The quantitative estimate of drug-likeness (QED) is 0.620. The molecule has 1 heterocycles. The van der Waals surface area contributed by atoms with E-state index in [9.17, 15) is 13.2 Å². The van der Waals surface area contributed by atoms with E-state index < -0.39 is 10.0 Å². The number of methoxy groups -OCH3 is 2. The molecule has 1 amide bonds. The van der Waals surface area contributed by atoms with Crippen LogP contribution in [0.15, 0.2) is 53.4 Å². The van der Waals surface area contributed by atoms with Gasteiger partial charge in [0.1, 0.15) is 11.5 Å². The van der Waals surface area contributed by atoms with E-state index >= 15 is 0 Å². The number of rotatable bonds is 9. The minimum absolute atomic E-state index is 0.00395. The Morgan fingerprint density at radius 1 is 1.00 bits per heavy atom. The average Bonchev–Trinajstić information content (AvgIpc) is 2.83. The van der Waals surface area contributed by atoms with Crippen molar-refractivity contribution in [1.82, 2.24) is 9.62 Å². The SMILES string of the molecule is CC[C@H]1CN(S(=O)(=O)c2ccc(OC)cc2)CC[C@H]1CC(=O)NCc1ccc(OC)cc1. The first-order valence-corrected chi connectivity index (χ1v) is 12.3. The third-order valence-corrected chi connectivity index (χ3v) is 8.05. The normalized spacial score (nSPS) is 19.3. The summed E-state index contributed by atoms with van der Waals surface area (Å²) in [4.78, 5) is 12.8. The van der Waals surface area contributed by atoms with E-state index in [0.29, 0.717) is 38.2 Å². The van der Waals surface area contributed by atoms with Crippen LogP contribution in [0.5, 0.6) is 11.5 Å². The Bertz CT molecular complexity index is 990. The van der Waals surface area contributed by atoms with Crippen LogP contribution in [0.4, 0.5) is 0 Å². The zero-order valence-corrected chi connectivity index (χ0v) is 19.7. The van der Waals surface area contributed by atoms with E-state index in [4.69, 9.17) is 9.47 Å². The third kappa shape index (κ3) is 5.81. The standard InChI is InChI=1S/C24H32N2O5S/c1-4-19-17-26(32(28,29)23-11-9-22(31-3)10-12-23)14-13-20(19)15-24(27)25-16-18-5-7-21(30-2)8-6-18/h5-12,19-20H,4,13-17H2,1-3H3,(H,25,27)/t19-,20-/m0/s1. The number of hydrogen-bond donors (Lipinski definition) is 1. The topological polar surface area (TPSA) is 84.9 Å². The highest BCUT2D eigenvalue weighted by molar-refractivity contribution is 7.89. The summed E-state index contributed by atoms with van der Waals surface area (Å²) in [5.74, 6) is 1.70. The van der Waals surface area contributed by atoms with Gasteiger partial charge in [-0.25, -0.2) is 8.42 Å². The van der Waals surface area contributed by atoms with E-state index in [1.54, 1.807) is 42.8 Å². The van der Waals surface area contributed by atoms with Gasteiger partial charge in [-0.1, -0.05) is 25.5 Å². The van der Waals surface area contributed by atoms with Gasteiger partial charge in [-0.15, -0.1) is 0 Å². The Balaban J connectivity index is 1.56. The van der Waals surface area contributed by atoms with Crippen molar-refractivity contribution in [2.24, 2.45) is 11.8 Å². The molecule has 0 saturated carbocycles. The van der Waals surface area contributed by atoms with Gasteiger partial charge in [0.25, 0.3) is 0 Å². The van der Waals surface area contributed by atoms with Crippen LogP contribution in [0.1, 0.15) is 31.7 Å². The molecule has 2 aromatic carbocycles. The van der Waals surface area contributed by atoms with Gasteiger partial charge in [0.2, 0.25) is 15.9 Å². The first-order chi connectivity index (χ1) is 15.4. The van der Waals surface area contributed by atoms with Crippen LogP contribution < -0.4 is 14.8 Å². The number of nitrogens with zero attached hydrogens (tertiary/aromatic N) is 1. The molecule has 174 valence electrons. The van der Waals surface area contributed by atoms with Gasteiger partial charge in [0, 0.05) is 26.1 Å². The van der Waals surface area contributed by atoms with Crippen LogP contribution in [0, 0.1) is 11.8 Å². The maximum atomic E-state index is 13.1. The summed E-state index contributed by atoms with van der Waals surface area (Å²) in [6, 6.07) is 14.1. The molecule has 1 aliphatic heterocycles. The van der Waals surface area contributed by atoms with Gasteiger partial charge >= 0.3 is 0 Å². The Hall–Kier alpha value is -2.58. The highest BCUT2D eigenvalue weighted by Gasteiger charge is 2.35. The van der Waals surface area contributed by atoms with Crippen molar-refractivity contribution in [3.8, 4) is 11.5 Å². The fraction of sp³-hybridized carbons (Fsp3) is 0.458. The number of sulfonamides is 1. The summed E-state index contributed by atoms with van der Waals surface area (Å²) in [5, 5.41) is 2.98. The van der Waals surface area contributed by atoms with Crippen molar-refractivity contribution >= 4 is 15.9 Å². The third-order valence-electron chi connectivity index (χ3n) is 6.17. The van der Waals surface area contributed by atoms with Gasteiger partial charge < -0.3 is 14.8 Å². The summed E-state index contributed by atoms with van der Waals surface area (Å²) in [6.45, 7) is 3.36. The summed E-state index contributed by atoms with van der Waals surface area (Å²) in [5.41, 5.74) is 1.01. The molecule has 0 bridgehead atoms. The molecule has 0 aromatic heterocycles. The molecule has 0 radical (unpaired) electrons. The number of amides is 1. The lowest BCUT2D eigenvalue weighted by atomic mass is 9.82. The maximum absolute atomic E-state index is 13.1. The van der Waals surface area contributed by atoms with E-state index in [2.05, 4.69) is 12.2 Å². The lowest BCUT2D eigenvalue weighted by molar-refractivity contribution is -0.122. The summed E-state index contributed by atoms with van der Waals surface area (Å²) in [7, 11) is -0.399. The predicted molar refractivity (Wildman–Crippen MR) is 123 cm³/mol. The number of carbonyl (C=O) groups excluding carboxylic acids is 1. The summed E-state index contributed by atoms with van der Waals surface area (Å²) >= 11 is 0. The zero-order valence-electron chi connectivity index (χ0n) is 18.9. The van der Waals surface area contributed by atoms with Gasteiger partial charge in [0.05, 0.1) is 19.1 Å². The summed E-state index contributed by atoms with van der Waals surface area (Å²) < 4.78 is 38.0. The van der Waals surface area contributed by atoms with Crippen LogP contribution in [-0.4, -0.2) is 45.9 Å². The van der Waals surface area contributed by atoms with Gasteiger partial charge in [-0.3, -0.25) is 4.79 Å². The molecular weight excluding hydrogens is 428 g/mol. The Labute approximate surface area is 190 Å². The molecular formula is C24H32N2O5S. The largest absolute Gasteiger partial charge is 0.497 e. The Morgan fingerprint density at radius 2 is 1.59 bits per heavy atom. The first-order valence-electron chi connectivity index (χ1n) is 10.9. The molecule has 3 rings (SSSR count). The Kier molecular flexibility index (Phi) is 8.15. The number of carbonyl (C=O) groups is 1. The number of nitrogens with one attached hydrogen (secondary N) is 1. The van der Waals surface area contributed by atoms with Crippen LogP contribution in [0.2, 0.25) is 0 Å².